The summed E-state index contributed by atoms with van der Waals surface area (Å²) in [4.78, 5) is 24.1. The highest BCUT2D eigenvalue weighted by Crippen LogP contribution is 2.71. The smallest absolute Gasteiger partial charge is 0.302 e. The van der Waals surface area contributed by atoms with Crippen LogP contribution in [0.5, 0.6) is 0 Å². The summed E-state index contributed by atoms with van der Waals surface area (Å²) < 4.78 is 25.4. The molecule has 2 heterocycles. The molecule has 0 amide bonds. The van der Waals surface area contributed by atoms with Crippen molar-refractivity contribution < 1.29 is 28.5 Å². The van der Waals surface area contributed by atoms with Gasteiger partial charge in [0.15, 0.2) is 5.79 Å². The molecule has 6 heteroatoms. The number of fused-ring (bicyclic) bond motifs is 7. The van der Waals surface area contributed by atoms with E-state index in [4.69, 9.17) is 18.9 Å². The molecular formula is C31H48O6. The molecule has 0 unspecified atom stereocenters. The molecule has 0 radical (unpaired) electrons. The molecule has 0 N–H and O–H groups in total. The largest absolute Gasteiger partial charge is 0.463 e. The van der Waals surface area contributed by atoms with E-state index < -0.39 is 5.79 Å². The molecule has 4 saturated carbocycles. The van der Waals surface area contributed by atoms with E-state index in [1.807, 2.05) is 0 Å². The quantitative estimate of drug-likeness (QED) is 0.425. The number of hydrogen-bond donors (Lipinski definition) is 0. The van der Waals surface area contributed by atoms with E-state index in [1.54, 1.807) is 6.92 Å². The van der Waals surface area contributed by atoms with Gasteiger partial charge in [-0.2, -0.15) is 0 Å². The SMILES string of the molecule is CC(=O)O[C@H]1CC[C@@]2(C)[C@H](CC[C@@H]3[C@@H]2[C@H](OC(C)=O)C[C@]2(C)[C@@H]4[C@H](C[C@@H]32)O[C@]2(CC[C@@H](C)CO2)[C@H]4C)C1. The molecule has 37 heavy (non-hydrogen) atoms. The van der Waals surface area contributed by atoms with Crippen LogP contribution in [0.2, 0.25) is 0 Å². The van der Waals surface area contributed by atoms with Crippen molar-refractivity contribution in [2.75, 3.05) is 6.61 Å². The number of rotatable bonds is 2. The molecule has 0 aromatic heterocycles. The molecule has 6 aliphatic rings. The molecule has 6 rings (SSSR count). The van der Waals surface area contributed by atoms with Crippen LogP contribution in [0.4, 0.5) is 0 Å². The zero-order chi connectivity index (χ0) is 26.3. The lowest BCUT2D eigenvalue weighted by atomic mass is 9.43. The second kappa shape index (κ2) is 8.94. The minimum atomic E-state index is -0.428. The van der Waals surface area contributed by atoms with Crippen LogP contribution in [0.1, 0.15) is 99.3 Å². The van der Waals surface area contributed by atoms with Crippen molar-refractivity contribution >= 4 is 11.9 Å². The van der Waals surface area contributed by atoms with Crippen LogP contribution in [0.25, 0.3) is 0 Å². The third-order valence-corrected chi connectivity index (χ3v) is 12.4. The predicted molar refractivity (Wildman–Crippen MR) is 138 cm³/mol. The fraction of sp³-hybridized carbons (Fsp3) is 0.935. The summed E-state index contributed by atoms with van der Waals surface area (Å²) in [7, 11) is 0. The van der Waals surface area contributed by atoms with Gasteiger partial charge in [0.05, 0.1) is 12.7 Å². The van der Waals surface area contributed by atoms with Gasteiger partial charge < -0.3 is 18.9 Å². The lowest BCUT2D eigenvalue weighted by molar-refractivity contribution is -0.274. The Kier molecular flexibility index (Phi) is 6.31. The molecule has 6 fully saturated rings. The number of ether oxygens (including phenoxy) is 4. The number of hydrogen-bond acceptors (Lipinski definition) is 6. The molecule has 0 aromatic rings. The van der Waals surface area contributed by atoms with Crippen molar-refractivity contribution in [3.8, 4) is 0 Å². The monoisotopic (exact) mass is 516 g/mol. The first kappa shape index (κ1) is 26.1. The van der Waals surface area contributed by atoms with Crippen LogP contribution in [0.15, 0.2) is 0 Å². The normalized spacial score (nSPS) is 54.5. The summed E-state index contributed by atoms with van der Waals surface area (Å²) in [6.07, 6.45) is 9.63. The number of esters is 2. The first-order chi connectivity index (χ1) is 17.5. The van der Waals surface area contributed by atoms with E-state index in [2.05, 4.69) is 27.7 Å². The molecule has 1 spiro atoms. The molecule has 0 aromatic carbocycles. The van der Waals surface area contributed by atoms with E-state index in [-0.39, 0.29) is 41.1 Å². The zero-order valence-corrected chi connectivity index (χ0v) is 23.8. The topological polar surface area (TPSA) is 71.1 Å². The van der Waals surface area contributed by atoms with Gasteiger partial charge in [0.25, 0.3) is 0 Å². The van der Waals surface area contributed by atoms with Gasteiger partial charge in [-0.15, -0.1) is 0 Å². The standard InChI is InChI=1S/C31H48O6/c1-17-9-12-31(34-16-17)18(2)27-25(37-31)14-24-23-8-7-21-13-22(35-19(3)32)10-11-29(21,5)28(23)26(36-20(4)33)15-30(24,27)6/h17-18,21-28H,7-16H2,1-6H3/t17-,18+,21-,22+,23+,24+,25+,26-,27+,28-,29+,30+,31-/m1/s1. The third kappa shape index (κ3) is 3.93. The van der Waals surface area contributed by atoms with E-state index in [0.717, 1.165) is 45.1 Å². The van der Waals surface area contributed by atoms with Crippen LogP contribution >= 0.6 is 0 Å². The highest BCUT2D eigenvalue weighted by Gasteiger charge is 2.71. The Balaban J connectivity index is 1.30. The maximum Gasteiger partial charge on any atom is 0.302 e. The fourth-order valence-corrected chi connectivity index (χ4v) is 11.0. The van der Waals surface area contributed by atoms with Crippen molar-refractivity contribution in [3.63, 3.8) is 0 Å². The summed E-state index contributed by atoms with van der Waals surface area (Å²) in [5.41, 5.74) is 0.189. The lowest BCUT2D eigenvalue weighted by Crippen LogP contribution is -2.60. The van der Waals surface area contributed by atoms with Crippen LogP contribution in [0, 0.1) is 52.3 Å². The minimum Gasteiger partial charge on any atom is -0.463 e. The summed E-state index contributed by atoms with van der Waals surface area (Å²) >= 11 is 0. The summed E-state index contributed by atoms with van der Waals surface area (Å²) in [6, 6.07) is 0. The second-order valence-corrected chi connectivity index (χ2v) is 14.4. The number of carbonyl (C=O) groups is 2. The minimum absolute atomic E-state index is 0.0302. The molecule has 6 nitrogen and oxygen atoms in total. The summed E-state index contributed by atoms with van der Waals surface area (Å²) in [5.74, 6) is 2.63. The van der Waals surface area contributed by atoms with Gasteiger partial charge in [0, 0.05) is 32.1 Å². The molecule has 13 atom stereocenters. The van der Waals surface area contributed by atoms with Crippen molar-refractivity contribution in [2.24, 2.45) is 52.3 Å². The Morgan fingerprint density at radius 3 is 2.30 bits per heavy atom. The van der Waals surface area contributed by atoms with Crippen molar-refractivity contribution in [2.45, 2.75) is 123 Å². The van der Waals surface area contributed by atoms with Crippen molar-refractivity contribution in [1.29, 1.82) is 0 Å². The Morgan fingerprint density at radius 1 is 0.865 bits per heavy atom. The molecule has 2 aliphatic heterocycles. The average Bonchev–Trinajstić information content (AvgIpc) is 3.25. The van der Waals surface area contributed by atoms with Gasteiger partial charge in [-0.25, -0.2) is 0 Å². The maximum atomic E-state index is 12.5. The first-order valence-corrected chi connectivity index (χ1v) is 15.1. The van der Waals surface area contributed by atoms with Gasteiger partial charge in [0.1, 0.15) is 12.2 Å². The highest BCUT2D eigenvalue weighted by molar-refractivity contribution is 5.66. The van der Waals surface area contributed by atoms with Gasteiger partial charge in [-0.1, -0.05) is 27.7 Å². The van der Waals surface area contributed by atoms with E-state index in [9.17, 15) is 9.59 Å². The molecule has 2 saturated heterocycles. The van der Waals surface area contributed by atoms with E-state index in [0.29, 0.717) is 41.4 Å². The second-order valence-electron chi connectivity index (χ2n) is 14.4. The van der Waals surface area contributed by atoms with Gasteiger partial charge >= 0.3 is 11.9 Å². The summed E-state index contributed by atoms with van der Waals surface area (Å²) in [5, 5.41) is 0. The summed E-state index contributed by atoms with van der Waals surface area (Å²) in [6.45, 7) is 13.5. The van der Waals surface area contributed by atoms with Crippen LogP contribution in [-0.2, 0) is 28.5 Å². The first-order valence-electron chi connectivity index (χ1n) is 15.1. The van der Waals surface area contributed by atoms with Crippen LogP contribution in [-0.4, -0.2) is 42.6 Å². The zero-order valence-electron chi connectivity index (χ0n) is 23.8. The van der Waals surface area contributed by atoms with E-state index >= 15 is 0 Å². The van der Waals surface area contributed by atoms with Gasteiger partial charge in [-0.05, 0) is 91.8 Å². The Bertz CT molecular complexity index is 925. The molecule has 4 aliphatic carbocycles. The molecule has 0 bridgehead atoms. The van der Waals surface area contributed by atoms with Crippen LogP contribution in [0.3, 0.4) is 0 Å². The van der Waals surface area contributed by atoms with Gasteiger partial charge in [-0.3, -0.25) is 9.59 Å². The Hall–Kier alpha value is -1.14. The van der Waals surface area contributed by atoms with E-state index in [1.165, 1.54) is 26.2 Å². The van der Waals surface area contributed by atoms with Crippen molar-refractivity contribution in [3.05, 3.63) is 0 Å². The van der Waals surface area contributed by atoms with Crippen LogP contribution < -0.4 is 0 Å². The third-order valence-electron chi connectivity index (χ3n) is 12.4. The predicted octanol–water partition coefficient (Wildman–Crippen LogP) is 5.91. The lowest BCUT2D eigenvalue weighted by Gasteiger charge is -2.63. The Labute approximate surface area is 222 Å². The average molecular weight is 517 g/mol. The number of carbonyl (C=O) groups excluding carboxylic acids is 2. The molecule has 208 valence electrons. The fourth-order valence-electron chi connectivity index (χ4n) is 11.0. The maximum absolute atomic E-state index is 12.5. The highest BCUT2D eigenvalue weighted by atomic mass is 16.7. The Morgan fingerprint density at radius 2 is 1.62 bits per heavy atom. The van der Waals surface area contributed by atoms with Gasteiger partial charge in [0.2, 0.25) is 0 Å². The van der Waals surface area contributed by atoms with Crippen molar-refractivity contribution in [1.82, 2.24) is 0 Å². The molecular weight excluding hydrogens is 468 g/mol.